The summed E-state index contributed by atoms with van der Waals surface area (Å²) in [6, 6.07) is 9.14. The smallest absolute Gasteiger partial charge is 0.0148 e. The van der Waals surface area contributed by atoms with E-state index in [1.165, 1.54) is 47.6 Å². The average molecular weight is 339 g/mol. The fourth-order valence-corrected chi connectivity index (χ4v) is 4.03. The van der Waals surface area contributed by atoms with Gasteiger partial charge in [0.2, 0.25) is 0 Å². The largest absolute Gasteiger partial charge is 0.126 e. The molecule has 0 atom stereocenters. The van der Waals surface area contributed by atoms with E-state index in [9.17, 15) is 0 Å². The van der Waals surface area contributed by atoms with Crippen LogP contribution in [0.15, 0.2) is 34.1 Å². The second kappa shape index (κ2) is 9.27. The van der Waals surface area contributed by atoms with Crippen LogP contribution in [0.2, 0.25) is 0 Å². The van der Waals surface area contributed by atoms with Crippen LogP contribution in [0.5, 0.6) is 0 Å². The van der Waals surface area contributed by atoms with E-state index in [-0.39, 0.29) is 0 Å². The minimum Gasteiger partial charge on any atom is -0.126 e. The highest BCUT2D eigenvalue weighted by molar-refractivity contribution is 8.00. The number of hydrogen-bond acceptors (Lipinski definition) is 2. The highest BCUT2D eigenvalue weighted by Gasteiger charge is 2.16. The molecule has 1 rings (SSSR count). The normalized spacial score (nSPS) is 12.6. The van der Waals surface area contributed by atoms with Crippen molar-refractivity contribution in [1.82, 2.24) is 0 Å². The quantitative estimate of drug-likeness (QED) is 0.317. The Kier molecular flexibility index (Phi) is 8.42. The summed E-state index contributed by atoms with van der Waals surface area (Å²) in [5, 5.41) is 0. The van der Waals surface area contributed by atoms with Crippen molar-refractivity contribution < 1.29 is 0 Å². The molecule has 0 aliphatic carbocycles. The van der Waals surface area contributed by atoms with Crippen LogP contribution in [0.1, 0.15) is 73.6 Å². The second-order valence-corrected chi connectivity index (χ2v) is 10.5. The third-order valence-corrected chi connectivity index (χ3v) is 6.99. The van der Waals surface area contributed by atoms with Crippen LogP contribution in [0.25, 0.3) is 0 Å². The van der Waals surface area contributed by atoms with Gasteiger partial charge in [0.05, 0.1) is 0 Å². The zero-order valence-corrected chi connectivity index (χ0v) is 17.0. The van der Waals surface area contributed by atoms with E-state index in [2.05, 4.69) is 65.8 Å². The van der Waals surface area contributed by atoms with Gasteiger partial charge >= 0.3 is 0 Å². The van der Waals surface area contributed by atoms with Crippen molar-refractivity contribution in [3.63, 3.8) is 0 Å². The summed E-state index contributed by atoms with van der Waals surface area (Å²) in [6.07, 6.45) is 6.52. The summed E-state index contributed by atoms with van der Waals surface area (Å²) in [5.41, 5.74) is 0.523. The molecule has 126 valence electrons. The van der Waals surface area contributed by atoms with E-state index in [0.29, 0.717) is 10.2 Å². The number of thioether (sulfide) groups is 2. The summed E-state index contributed by atoms with van der Waals surface area (Å²) < 4.78 is 0.334. The lowest BCUT2D eigenvalue weighted by Gasteiger charge is -2.22. The minimum atomic E-state index is 0.334. The van der Waals surface area contributed by atoms with E-state index in [0.717, 1.165) is 0 Å². The van der Waals surface area contributed by atoms with Crippen LogP contribution in [-0.4, -0.2) is 10.5 Å². The Morgan fingerprint density at radius 3 is 1.95 bits per heavy atom. The molecule has 0 radical (unpaired) electrons. The second-order valence-electron chi connectivity index (χ2n) is 7.51. The molecule has 0 aromatic heterocycles. The Balaban J connectivity index is 2.30. The van der Waals surface area contributed by atoms with Gasteiger partial charge in [-0.05, 0) is 54.7 Å². The predicted molar refractivity (Wildman–Crippen MR) is 105 cm³/mol. The third kappa shape index (κ3) is 7.97. The fourth-order valence-electron chi connectivity index (χ4n) is 2.07. The van der Waals surface area contributed by atoms with E-state index in [1.54, 1.807) is 0 Å². The molecule has 0 amide bonds. The average Bonchev–Trinajstić information content (AvgIpc) is 2.48. The van der Waals surface area contributed by atoms with Gasteiger partial charge in [-0.2, -0.15) is 0 Å². The molecule has 0 aliphatic heterocycles. The van der Waals surface area contributed by atoms with Crippen molar-refractivity contribution in [3.05, 3.63) is 24.3 Å². The van der Waals surface area contributed by atoms with Gasteiger partial charge in [0.1, 0.15) is 0 Å². The first kappa shape index (κ1) is 20.0. The van der Waals surface area contributed by atoms with E-state index < -0.39 is 0 Å². The summed E-state index contributed by atoms with van der Waals surface area (Å²) in [4.78, 5) is 2.80. The Bertz CT molecular complexity index is 418. The number of rotatable bonds is 10. The van der Waals surface area contributed by atoms with Gasteiger partial charge in [-0.3, -0.25) is 0 Å². The molecule has 0 bridgehead atoms. The minimum absolute atomic E-state index is 0.334. The van der Waals surface area contributed by atoms with Crippen molar-refractivity contribution in [3.8, 4) is 0 Å². The zero-order valence-electron chi connectivity index (χ0n) is 15.4. The van der Waals surface area contributed by atoms with Crippen molar-refractivity contribution in [2.75, 3.05) is 5.75 Å². The standard InChI is InChI=1S/C20H34S2/c1-7-19(3,4)15-9-10-16-21-17-11-13-18(14-12-17)22-20(5,6)8-2/h11-14H,7-10,15-16H2,1-6H3. The zero-order chi connectivity index (χ0) is 16.6. The summed E-state index contributed by atoms with van der Waals surface area (Å²) in [7, 11) is 0. The summed E-state index contributed by atoms with van der Waals surface area (Å²) in [6.45, 7) is 14.0. The first-order chi connectivity index (χ1) is 10.3. The Morgan fingerprint density at radius 2 is 1.41 bits per heavy atom. The van der Waals surface area contributed by atoms with Gasteiger partial charge in [0, 0.05) is 14.5 Å². The lowest BCUT2D eigenvalue weighted by molar-refractivity contribution is 0.312. The maximum Gasteiger partial charge on any atom is 0.0148 e. The van der Waals surface area contributed by atoms with Gasteiger partial charge in [0.15, 0.2) is 0 Å². The lowest BCUT2D eigenvalue weighted by Crippen LogP contribution is -2.11. The molecule has 0 saturated carbocycles. The number of hydrogen-bond donors (Lipinski definition) is 0. The van der Waals surface area contributed by atoms with Crippen LogP contribution in [0, 0.1) is 5.41 Å². The van der Waals surface area contributed by atoms with Crippen molar-refractivity contribution in [1.29, 1.82) is 0 Å². The maximum atomic E-state index is 2.38. The van der Waals surface area contributed by atoms with Crippen LogP contribution in [-0.2, 0) is 0 Å². The summed E-state index contributed by atoms with van der Waals surface area (Å²) >= 11 is 3.98. The molecule has 0 nitrogen and oxygen atoms in total. The van der Waals surface area contributed by atoms with Crippen molar-refractivity contribution >= 4 is 23.5 Å². The molecule has 0 unspecified atom stereocenters. The predicted octanol–water partition coefficient (Wildman–Crippen LogP) is 7.67. The van der Waals surface area contributed by atoms with E-state index >= 15 is 0 Å². The Hall–Kier alpha value is -0.0800. The molecular formula is C20H34S2. The first-order valence-corrected chi connectivity index (χ1v) is 10.5. The Labute approximate surface area is 147 Å². The molecule has 0 spiro atoms. The van der Waals surface area contributed by atoms with Gasteiger partial charge < -0.3 is 0 Å². The van der Waals surface area contributed by atoms with Gasteiger partial charge in [-0.1, -0.05) is 54.4 Å². The molecule has 0 fully saturated rings. The van der Waals surface area contributed by atoms with E-state index in [1.807, 2.05) is 23.5 Å². The molecule has 2 heteroatoms. The van der Waals surface area contributed by atoms with Crippen LogP contribution < -0.4 is 0 Å². The molecule has 0 aliphatic rings. The van der Waals surface area contributed by atoms with Crippen LogP contribution >= 0.6 is 23.5 Å². The van der Waals surface area contributed by atoms with Crippen LogP contribution in [0.3, 0.4) is 0 Å². The number of benzene rings is 1. The first-order valence-electron chi connectivity index (χ1n) is 8.70. The monoisotopic (exact) mass is 338 g/mol. The van der Waals surface area contributed by atoms with Crippen molar-refractivity contribution in [2.45, 2.75) is 88.2 Å². The fraction of sp³-hybridized carbons (Fsp3) is 0.700. The molecular weight excluding hydrogens is 304 g/mol. The SMILES string of the molecule is CCC(C)(C)CCCCSc1ccc(SC(C)(C)CC)cc1. The van der Waals surface area contributed by atoms with Gasteiger partial charge in [0.25, 0.3) is 0 Å². The topological polar surface area (TPSA) is 0 Å². The Morgan fingerprint density at radius 1 is 0.818 bits per heavy atom. The highest BCUT2D eigenvalue weighted by Crippen LogP contribution is 2.35. The van der Waals surface area contributed by atoms with Gasteiger partial charge in [-0.25, -0.2) is 0 Å². The highest BCUT2D eigenvalue weighted by atomic mass is 32.2. The molecule has 0 saturated heterocycles. The maximum absolute atomic E-state index is 2.38. The molecule has 0 heterocycles. The molecule has 0 N–H and O–H groups in total. The number of unbranched alkanes of at least 4 members (excludes halogenated alkanes) is 1. The molecule has 1 aromatic carbocycles. The van der Waals surface area contributed by atoms with Crippen molar-refractivity contribution in [2.24, 2.45) is 5.41 Å². The molecule has 1 aromatic rings. The van der Waals surface area contributed by atoms with E-state index in [4.69, 9.17) is 0 Å². The lowest BCUT2D eigenvalue weighted by atomic mass is 9.85. The third-order valence-electron chi connectivity index (χ3n) is 4.54. The van der Waals surface area contributed by atoms with Crippen LogP contribution in [0.4, 0.5) is 0 Å². The molecule has 22 heavy (non-hydrogen) atoms. The summed E-state index contributed by atoms with van der Waals surface area (Å²) in [5.74, 6) is 1.24. The van der Waals surface area contributed by atoms with Gasteiger partial charge in [-0.15, -0.1) is 23.5 Å².